The molecule has 1 fully saturated rings. The molecule has 1 saturated carbocycles. The minimum absolute atomic E-state index is 0.138. The van der Waals surface area contributed by atoms with Crippen molar-refractivity contribution in [1.82, 2.24) is 0 Å². The quantitative estimate of drug-likeness (QED) is 0.733. The van der Waals surface area contributed by atoms with Crippen molar-refractivity contribution in [3.05, 3.63) is 0 Å². The second-order valence-electron chi connectivity index (χ2n) is 4.55. The Morgan fingerprint density at radius 1 is 1.36 bits per heavy atom. The van der Waals surface area contributed by atoms with E-state index >= 15 is 0 Å². The van der Waals surface area contributed by atoms with Crippen LogP contribution in [0.4, 0.5) is 0 Å². The molecule has 1 atom stereocenters. The highest BCUT2D eigenvalue weighted by Gasteiger charge is 2.45. The number of hydrogen-bond acceptors (Lipinski definition) is 3. The van der Waals surface area contributed by atoms with Gasteiger partial charge in [0.2, 0.25) is 0 Å². The fourth-order valence-electron chi connectivity index (χ4n) is 1.87. The van der Waals surface area contributed by atoms with Crippen molar-refractivity contribution in [2.24, 2.45) is 11.1 Å². The van der Waals surface area contributed by atoms with E-state index in [1.165, 1.54) is 0 Å². The summed E-state index contributed by atoms with van der Waals surface area (Å²) in [4.78, 5) is 0. The summed E-state index contributed by atoms with van der Waals surface area (Å²) >= 11 is 0. The number of sulfone groups is 1. The van der Waals surface area contributed by atoms with Crippen molar-refractivity contribution in [2.75, 3.05) is 11.5 Å². The summed E-state index contributed by atoms with van der Waals surface area (Å²) < 4.78 is 23.0. The van der Waals surface area contributed by atoms with Crippen LogP contribution in [0, 0.1) is 5.41 Å². The van der Waals surface area contributed by atoms with Gasteiger partial charge in [-0.2, -0.15) is 0 Å². The smallest absolute Gasteiger partial charge is 0.150 e. The average molecular weight is 219 g/mol. The molecule has 0 saturated heterocycles. The van der Waals surface area contributed by atoms with Gasteiger partial charge in [0, 0.05) is 11.8 Å². The Hall–Kier alpha value is -0.0900. The van der Waals surface area contributed by atoms with Crippen LogP contribution >= 0.6 is 0 Å². The first-order valence-electron chi connectivity index (χ1n) is 5.38. The van der Waals surface area contributed by atoms with Gasteiger partial charge in [0.15, 0.2) is 0 Å². The van der Waals surface area contributed by atoms with E-state index in [1.54, 1.807) is 0 Å². The van der Waals surface area contributed by atoms with Crippen LogP contribution in [-0.2, 0) is 9.84 Å². The number of hydrogen-bond donors (Lipinski definition) is 1. The van der Waals surface area contributed by atoms with Crippen molar-refractivity contribution in [2.45, 2.75) is 45.6 Å². The molecule has 0 spiro atoms. The standard InChI is InChI=1S/C10H21NO2S/c1-3-7-14(12,13)8-6-10(4-5-10)9(2)11/h9H,3-8,11H2,1-2H3. The fraction of sp³-hybridized carbons (Fsp3) is 1.00. The Balaban J connectivity index is 2.41. The van der Waals surface area contributed by atoms with E-state index in [2.05, 4.69) is 0 Å². The highest BCUT2D eigenvalue weighted by Crippen LogP contribution is 2.51. The molecule has 1 aliphatic carbocycles. The van der Waals surface area contributed by atoms with Gasteiger partial charge in [-0.3, -0.25) is 0 Å². The normalized spacial score (nSPS) is 21.9. The molecule has 1 rings (SSSR count). The lowest BCUT2D eigenvalue weighted by molar-refractivity contribution is 0.407. The molecule has 14 heavy (non-hydrogen) atoms. The maximum atomic E-state index is 11.5. The third-order valence-electron chi connectivity index (χ3n) is 3.28. The molecule has 3 nitrogen and oxygen atoms in total. The minimum atomic E-state index is -2.81. The van der Waals surface area contributed by atoms with Crippen LogP contribution in [0.3, 0.4) is 0 Å². The van der Waals surface area contributed by atoms with E-state index in [9.17, 15) is 8.42 Å². The molecule has 0 aromatic carbocycles. The van der Waals surface area contributed by atoms with Crippen LogP contribution in [-0.4, -0.2) is 26.0 Å². The van der Waals surface area contributed by atoms with Gasteiger partial charge >= 0.3 is 0 Å². The van der Waals surface area contributed by atoms with Gasteiger partial charge in [-0.15, -0.1) is 0 Å². The predicted molar refractivity (Wildman–Crippen MR) is 58.9 cm³/mol. The largest absolute Gasteiger partial charge is 0.327 e. The lowest BCUT2D eigenvalue weighted by Crippen LogP contribution is -2.30. The Bertz CT molecular complexity index is 278. The Labute approximate surface area is 87.0 Å². The fourth-order valence-corrected chi connectivity index (χ4v) is 3.41. The van der Waals surface area contributed by atoms with E-state index in [0.717, 1.165) is 19.3 Å². The lowest BCUT2D eigenvalue weighted by Gasteiger charge is -2.18. The van der Waals surface area contributed by atoms with Gasteiger partial charge in [0.25, 0.3) is 0 Å². The van der Waals surface area contributed by atoms with E-state index in [0.29, 0.717) is 17.9 Å². The minimum Gasteiger partial charge on any atom is -0.327 e. The zero-order chi connectivity index (χ0) is 10.8. The summed E-state index contributed by atoms with van der Waals surface area (Å²) in [5, 5.41) is 0. The molecule has 0 bridgehead atoms. The summed E-state index contributed by atoms with van der Waals surface area (Å²) in [5.74, 6) is 0.643. The molecule has 0 radical (unpaired) electrons. The molecule has 1 unspecified atom stereocenters. The Morgan fingerprint density at radius 3 is 2.29 bits per heavy atom. The molecule has 4 heteroatoms. The molecule has 0 aromatic heterocycles. The van der Waals surface area contributed by atoms with Gasteiger partial charge < -0.3 is 5.73 Å². The second-order valence-corrected chi connectivity index (χ2v) is 6.86. The molecular weight excluding hydrogens is 198 g/mol. The summed E-state index contributed by atoms with van der Waals surface area (Å²) in [5.41, 5.74) is 5.99. The van der Waals surface area contributed by atoms with Crippen molar-refractivity contribution < 1.29 is 8.42 Å². The highest BCUT2D eigenvalue weighted by molar-refractivity contribution is 7.91. The third-order valence-corrected chi connectivity index (χ3v) is 5.14. The average Bonchev–Trinajstić information content (AvgIpc) is 2.81. The van der Waals surface area contributed by atoms with Crippen molar-refractivity contribution in [3.63, 3.8) is 0 Å². The van der Waals surface area contributed by atoms with Gasteiger partial charge in [-0.05, 0) is 38.0 Å². The van der Waals surface area contributed by atoms with E-state index in [4.69, 9.17) is 5.73 Å². The van der Waals surface area contributed by atoms with Crippen LogP contribution in [0.2, 0.25) is 0 Å². The molecule has 84 valence electrons. The van der Waals surface area contributed by atoms with Crippen LogP contribution in [0.1, 0.15) is 39.5 Å². The summed E-state index contributed by atoms with van der Waals surface area (Å²) in [6.07, 6.45) is 3.68. The molecule has 0 aliphatic heterocycles. The van der Waals surface area contributed by atoms with Crippen LogP contribution < -0.4 is 5.73 Å². The van der Waals surface area contributed by atoms with Crippen LogP contribution in [0.5, 0.6) is 0 Å². The zero-order valence-corrected chi connectivity index (χ0v) is 9.94. The Morgan fingerprint density at radius 2 is 1.93 bits per heavy atom. The van der Waals surface area contributed by atoms with Gasteiger partial charge in [0.05, 0.1) is 5.75 Å². The first-order chi connectivity index (χ1) is 6.42. The van der Waals surface area contributed by atoms with E-state index in [1.807, 2.05) is 13.8 Å². The first-order valence-corrected chi connectivity index (χ1v) is 7.20. The third kappa shape index (κ3) is 2.95. The molecule has 1 aliphatic rings. The summed E-state index contributed by atoms with van der Waals surface area (Å²) in [6.45, 7) is 3.88. The Kier molecular flexibility index (Phi) is 3.58. The van der Waals surface area contributed by atoms with Gasteiger partial charge in [-0.1, -0.05) is 6.92 Å². The van der Waals surface area contributed by atoms with Crippen molar-refractivity contribution in [1.29, 1.82) is 0 Å². The SMILES string of the molecule is CCCS(=O)(=O)CCC1(C(C)N)CC1. The second kappa shape index (κ2) is 4.19. The molecule has 0 aromatic rings. The summed E-state index contributed by atoms with van der Waals surface area (Å²) in [7, 11) is -2.81. The molecular formula is C10H21NO2S. The topological polar surface area (TPSA) is 60.2 Å². The maximum Gasteiger partial charge on any atom is 0.150 e. The van der Waals surface area contributed by atoms with E-state index in [-0.39, 0.29) is 11.5 Å². The predicted octanol–water partition coefficient (Wildman–Crippen LogP) is 1.33. The van der Waals surface area contributed by atoms with Gasteiger partial charge in [0.1, 0.15) is 9.84 Å². The molecule has 0 heterocycles. The zero-order valence-electron chi connectivity index (χ0n) is 9.12. The number of rotatable bonds is 6. The highest BCUT2D eigenvalue weighted by atomic mass is 32.2. The van der Waals surface area contributed by atoms with Crippen molar-refractivity contribution in [3.8, 4) is 0 Å². The molecule has 0 amide bonds. The number of nitrogens with two attached hydrogens (primary N) is 1. The van der Waals surface area contributed by atoms with Crippen LogP contribution in [0.25, 0.3) is 0 Å². The summed E-state index contributed by atoms with van der Waals surface area (Å²) in [6, 6.07) is 0.138. The van der Waals surface area contributed by atoms with Gasteiger partial charge in [-0.25, -0.2) is 8.42 Å². The van der Waals surface area contributed by atoms with E-state index < -0.39 is 9.84 Å². The lowest BCUT2D eigenvalue weighted by atomic mass is 9.96. The van der Waals surface area contributed by atoms with Crippen LogP contribution in [0.15, 0.2) is 0 Å². The monoisotopic (exact) mass is 219 g/mol. The molecule has 2 N–H and O–H groups in total. The first kappa shape index (κ1) is 12.0. The van der Waals surface area contributed by atoms with Crippen molar-refractivity contribution >= 4 is 9.84 Å². The maximum absolute atomic E-state index is 11.5.